The van der Waals surface area contributed by atoms with Crippen LogP contribution in [0.1, 0.15) is 20.3 Å². The molecule has 0 spiro atoms. The monoisotopic (exact) mass is 145 g/mol. The zero-order valence-corrected chi connectivity index (χ0v) is 6.55. The van der Waals surface area contributed by atoms with Crippen molar-refractivity contribution in [2.24, 2.45) is 0 Å². The fourth-order valence-corrected chi connectivity index (χ4v) is 1.63. The average molecular weight is 145 g/mol. The average Bonchev–Trinajstić information content (AvgIpc) is 2.13. The molecule has 1 aliphatic heterocycles. The highest BCUT2D eigenvalue weighted by Crippen LogP contribution is 2.32. The Hall–Kier alpha value is -0.180. The topological polar surface area (TPSA) is 29.1 Å². The van der Waals surface area contributed by atoms with Gasteiger partial charge in [-0.25, -0.2) is 0 Å². The third kappa shape index (κ3) is 1.39. The van der Waals surface area contributed by atoms with Crippen molar-refractivity contribution >= 4 is 17.0 Å². The molecular formula is C6H11NOS. The van der Waals surface area contributed by atoms with E-state index in [0.717, 1.165) is 13.0 Å². The van der Waals surface area contributed by atoms with Gasteiger partial charge < -0.3 is 5.32 Å². The van der Waals surface area contributed by atoms with Crippen molar-refractivity contribution in [1.82, 2.24) is 5.32 Å². The minimum atomic E-state index is 0.124. The standard InChI is InChI=1S/C6H11NOS/c1-3-6(2)4-7-5(8)9-6/h3-4H2,1-2H3,(H,7,8). The van der Waals surface area contributed by atoms with Crippen LogP contribution in [-0.4, -0.2) is 16.5 Å². The maximum absolute atomic E-state index is 10.7. The van der Waals surface area contributed by atoms with Crippen LogP contribution in [0.3, 0.4) is 0 Å². The summed E-state index contributed by atoms with van der Waals surface area (Å²) < 4.78 is 0.164. The van der Waals surface area contributed by atoms with Gasteiger partial charge in [-0.15, -0.1) is 0 Å². The van der Waals surface area contributed by atoms with Gasteiger partial charge in [-0.05, 0) is 13.3 Å². The van der Waals surface area contributed by atoms with Crippen molar-refractivity contribution in [3.05, 3.63) is 0 Å². The van der Waals surface area contributed by atoms with Crippen LogP contribution in [0.5, 0.6) is 0 Å². The summed E-state index contributed by atoms with van der Waals surface area (Å²) >= 11 is 1.42. The largest absolute Gasteiger partial charge is 0.346 e. The quantitative estimate of drug-likeness (QED) is 0.607. The SMILES string of the molecule is CCC1(C)CNC(=O)S1. The highest BCUT2D eigenvalue weighted by atomic mass is 32.2. The Morgan fingerprint density at radius 3 is 2.78 bits per heavy atom. The smallest absolute Gasteiger partial charge is 0.279 e. The molecule has 3 heteroatoms. The van der Waals surface area contributed by atoms with Gasteiger partial charge in [0, 0.05) is 11.3 Å². The molecule has 0 bridgehead atoms. The van der Waals surface area contributed by atoms with E-state index in [0.29, 0.717) is 0 Å². The van der Waals surface area contributed by atoms with E-state index in [-0.39, 0.29) is 9.99 Å². The molecule has 0 aromatic rings. The van der Waals surface area contributed by atoms with Gasteiger partial charge in [0.2, 0.25) is 0 Å². The van der Waals surface area contributed by atoms with E-state index in [1.165, 1.54) is 11.8 Å². The number of thioether (sulfide) groups is 1. The highest BCUT2D eigenvalue weighted by Gasteiger charge is 2.32. The Morgan fingerprint density at radius 1 is 1.89 bits per heavy atom. The van der Waals surface area contributed by atoms with Gasteiger partial charge >= 0.3 is 0 Å². The lowest BCUT2D eigenvalue weighted by atomic mass is 10.1. The maximum atomic E-state index is 10.7. The molecule has 1 atom stereocenters. The minimum Gasteiger partial charge on any atom is -0.346 e. The molecule has 0 aromatic carbocycles. The molecular weight excluding hydrogens is 134 g/mol. The number of rotatable bonds is 1. The molecule has 9 heavy (non-hydrogen) atoms. The second kappa shape index (κ2) is 2.21. The summed E-state index contributed by atoms with van der Waals surface area (Å²) in [4.78, 5) is 10.7. The molecule has 1 unspecified atom stereocenters. The van der Waals surface area contributed by atoms with Crippen LogP contribution >= 0.6 is 11.8 Å². The first-order valence-corrected chi connectivity index (χ1v) is 3.95. The lowest BCUT2D eigenvalue weighted by Crippen LogP contribution is -2.24. The zero-order valence-electron chi connectivity index (χ0n) is 5.73. The van der Waals surface area contributed by atoms with Crippen molar-refractivity contribution in [3.8, 4) is 0 Å². The van der Waals surface area contributed by atoms with E-state index in [9.17, 15) is 4.79 Å². The Bertz CT molecular complexity index is 137. The third-order valence-corrected chi connectivity index (χ3v) is 2.95. The fraction of sp³-hybridized carbons (Fsp3) is 0.833. The molecule has 1 heterocycles. The summed E-state index contributed by atoms with van der Waals surface area (Å²) in [7, 11) is 0. The predicted molar refractivity (Wildman–Crippen MR) is 39.7 cm³/mol. The third-order valence-electron chi connectivity index (χ3n) is 1.69. The van der Waals surface area contributed by atoms with Gasteiger partial charge in [0.1, 0.15) is 0 Å². The lowest BCUT2D eigenvalue weighted by Gasteiger charge is -2.15. The van der Waals surface area contributed by atoms with Crippen molar-refractivity contribution in [1.29, 1.82) is 0 Å². The fourth-order valence-electron chi connectivity index (χ4n) is 0.752. The second-order valence-electron chi connectivity index (χ2n) is 2.55. The van der Waals surface area contributed by atoms with Crippen molar-refractivity contribution in [2.75, 3.05) is 6.54 Å². The van der Waals surface area contributed by atoms with Gasteiger partial charge in [0.15, 0.2) is 0 Å². The van der Waals surface area contributed by atoms with Crippen LogP contribution in [0.15, 0.2) is 0 Å². The van der Waals surface area contributed by atoms with E-state index < -0.39 is 0 Å². The van der Waals surface area contributed by atoms with Gasteiger partial charge in [0.25, 0.3) is 5.24 Å². The number of nitrogens with one attached hydrogen (secondary N) is 1. The van der Waals surface area contributed by atoms with Gasteiger partial charge in [-0.3, -0.25) is 4.79 Å². The second-order valence-corrected chi connectivity index (χ2v) is 4.11. The maximum Gasteiger partial charge on any atom is 0.279 e. The number of amides is 1. The molecule has 0 radical (unpaired) electrons. The van der Waals surface area contributed by atoms with Crippen LogP contribution in [0.4, 0.5) is 4.79 Å². The van der Waals surface area contributed by atoms with Crippen LogP contribution < -0.4 is 5.32 Å². The predicted octanol–water partition coefficient (Wildman–Crippen LogP) is 1.61. The molecule has 0 aromatic heterocycles. The Morgan fingerprint density at radius 2 is 2.56 bits per heavy atom. The summed E-state index contributed by atoms with van der Waals surface area (Å²) in [5, 5.41) is 2.91. The summed E-state index contributed by atoms with van der Waals surface area (Å²) in [6.45, 7) is 5.04. The van der Waals surface area contributed by atoms with E-state index >= 15 is 0 Å². The zero-order chi connectivity index (χ0) is 6.91. The number of hydrogen-bond acceptors (Lipinski definition) is 2. The van der Waals surface area contributed by atoms with E-state index in [1.54, 1.807) is 0 Å². The normalized spacial score (nSPS) is 34.7. The summed E-state index contributed by atoms with van der Waals surface area (Å²) in [6, 6.07) is 0. The molecule has 1 N–H and O–H groups in total. The van der Waals surface area contributed by atoms with Crippen LogP contribution in [0, 0.1) is 0 Å². The van der Waals surface area contributed by atoms with Gasteiger partial charge in [-0.2, -0.15) is 0 Å². The van der Waals surface area contributed by atoms with Crippen LogP contribution in [0.2, 0.25) is 0 Å². The Kier molecular flexibility index (Phi) is 1.70. The van der Waals surface area contributed by atoms with Crippen LogP contribution in [-0.2, 0) is 0 Å². The lowest BCUT2D eigenvalue weighted by molar-refractivity contribution is 0.262. The van der Waals surface area contributed by atoms with Crippen molar-refractivity contribution < 1.29 is 4.79 Å². The first kappa shape index (κ1) is 6.93. The molecule has 1 rings (SSSR count). The molecule has 2 nitrogen and oxygen atoms in total. The van der Waals surface area contributed by atoms with Crippen molar-refractivity contribution in [2.45, 2.75) is 25.0 Å². The molecule has 1 amide bonds. The van der Waals surface area contributed by atoms with Gasteiger partial charge in [0.05, 0.1) is 0 Å². The molecule has 1 aliphatic rings. The molecule has 52 valence electrons. The number of carbonyl (C=O) groups excluding carboxylic acids is 1. The highest BCUT2D eigenvalue weighted by molar-refractivity contribution is 8.15. The molecule has 0 saturated carbocycles. The summed E-state index contributed by atoms with van der Waals surface area (Å²) in [6.07, 6.45) is 1.05. The van der Waals surface area contributed by atoms with Gasteiger partial charge in [-0.1, -0.05) is 18.7 Å². The van der Waals surface area contributed by atoms with Crippen molar-refractivity contribution in [3.63, 3.8) is 0 Å². The molecule has 1 saturated heterocycles. The molecule has 0 aliphatic carbocycles. The molecule has 1 fully saturated rings. The first-order valence-electron chi connectivity index (χ1n) is 3.13. The first-order chi connectivity index (χ1) is 4.16. The van der Waals surface area contributed by atoms with Crippen LogP contribution in [0.25, 0.3) is 0 Å². The summed E-state index contributed by atoms with van der Waals surface area (Å²) in [5.74, 6) is 0. The Labute approximate surface area is 59.4 Å². The summed E-state index contributed by atoms with van der Waals surface area (Å²) in [5.41, 5.74) is 0. The minimum absolute atomic E-state index is 0.124. The number of carbonyl (C=O) groups is 1. The Balaban J connectivity index is 2.54. The van der Waals surface area contributed by atoms with E-state index in [1.807, 2.05) is 0 Å². The van der Waals surface area contributed by atoms with E-state index in [4.69, 9.17) is 0 Å². The van der Waals surface area contributed by atoms with E-state index in [2.05, 4.69) is 19.2 Å². The number of hydrogen-bond donors (Lipinski definition) is 1.